The zero-order valence-corrected chi connectivity index (χ0v) is 15.5. The van der Waals surface area contributed by atoms with Crippen molar-refractivity contribution in [1.29, 1.82) is 0 Å². The van der Waals surface area contributed by atoms with Gasteiger partial charge in [0.1, 0.15) is 17.4 Å². The Morgan fingerprint density at radius 1 is 1.22 bits per heavy atom. The van der Waals surface area contributed by atoms with Crippen LogP contribution in [-0.2, 0) is 17.9 Å². The third-order valence-electron chi connectivity index (χ3n) is 4.38. The number of aliphatic carboxylic acids is 1. The molecule has 0 bridgehead atoms. The van der Waals surface area contributed by atoms with Gasteiger partial charge in [-0.1, -0.05) is 13.8 Å². The molecule has 0 aliphatic rings. The van der Waals surface area contributed by atoms with Crippen LogP contribution >= 0.6 is 0 Å². The highest BCUT2D eigenvalue weighted by Crippen LogP contribution is 2.19. The first-order chi connectivity index (χ1) is 12.9. The molecule has 3 heterocycles. The van der Waals surface area contributed by atoms with Crippen LogP contribution in [0.1, 0.15) is 39.7 Å². The lowest BCUT2D eigenvalue weighted by Crippen LogP contribution is -2.40. The van der Waals surface area contributed by atoms with E-state index in [1.807, 2.05) is 13.8 Å². The van der Waals surface area contributed by atoms with Crippen molar-refractivity contribution in [2.45, 2.75) is 52.7 Å². The monoisotopic (exact) mass is 374 g/mol. The Morgan fingerprint density at radius 2 is 1.89 bits per heavy atom. The second-order valence-electron chi connectivity index (χ2n) is 6.40. The minimum Gasteiger partial charge on any atom is -0.480 e. The first-order valence-electron chi connectivity index (χ1n) is 8.89. The third-order valence-corrected chi connectivity index (χ3v) is 4.38. The fourth-order valence-electron chi connectivity index (χ4n) is 2.93. The summed E-state index contributed by atoms with van der Waals surface area (Å²) in [6, 6.07) is -0.830. The number of carbonyl (C=O) groups is 1. The van der Waals surface area contributed by atoms with Crippen molar-refractivity contribution in [3.05, 3.63) is 33.2 Å². The van der Waals surface area contributed by atoms with Crippen molar-refractivity contribution in [3.8, 4) is 11.4 Å². The molecule has 3 aromatic heterocycles. The van der Waals surface area contributed by atoms with Gasteiger partial charge >= 0.3 is 11.7 Å². The molecule has 2 N–H and O–H groups in total. The predicted octanol–water partition coefficient (Wildman–Crippen LogP) is 1.22. The molecule has 0 aromatic carbocycles. The van der Waals surface area contributed by atoms with Gasteiger partial charge in [-0.3, -0.25) is 18.6 Å². The molecule has 0 amide bonds. The van der Waals surface area contributed by atoms with E-state index in [1.54, 1.807) is 6.20 Å². The van der Waals surface area contributed by atoms with E-state index in [1.165, 1.54) is 26.9 Å². The van der Waals surface area contributed by atoms with E-state index in [2.05, 4.69) is 15.1 Å². The van der Waals surface area contributed by atoms with Crippen molar-refractivity contribution < 1.29 is 9.90 Å². The van der Waals surface area contributed by atoms with Crippen LogP contribution in [-0.4, -0.2) is 40.0 Å². The third kappa shape index (κ3) is 3.18. The highest BCUT2D eigenvalue weighted by molar-refractivity contribution is 5.75. The summed E-state index contributed by atoms with van der Waals surface area (Å²) in [6.07, 6.45) is 4.40. The van der Waals surface area contributed by atoms with Gasteiger partial charge in [-0.2, -0.15) is 5.10 Å². The van der Waals surface area contributed by atoms with Crippen LogP contribution in [0.25, 0.3) is 22.6 Å². The fourth-order valence-corrected chi connectivity index (χ4v) is 2.93. The lowest BCUT2D eigenvalue weighted by atomic mass is 10.3. The van der Waals surface area contributed by atoms with Crippen molar-refractivity contribution in [2.24, 2.45) is 0 Å². The van der Waals surface area contributed by atoms with E-state index in [9.17, 15) is 14.4 Å². The Hall–Kier alpha value is -3.17. The number of aryl methyl sites for hydroxylation is 1. The van der Waals surface area contributed by atoms with E-state index in [0.29, 0.717) is 36.5 Å². The normalized spacial score (nSPS) is 12.6. The summed E-state index contributed by atoms with van der Waals surface area (Å²) >= 11 is 0. The van der Waals surface area contributed by atoms with Crippen molar-refractivity contribution in [1.82, 2.24) is 28.9 Å². The summed E-state index contributed by atoms with van der Waals surface area (Å²) in [4.78, 5) is 43.9. The highest BCUT2D eigenvalue weighted by atomic mass is 16.4. The maximum atomic E-state index is 12.7. The molecule has 10 nitrogen and oxygen atoms in total. The first kappa shape index (κ1) is 18.6. The summed E-state index contributed by atoms with van der Waals surface area (Å²) in [5.41, 5.74) is 0.314. The summed E-state index contributed by atoms with van der Waals surface area (Å²) in [7, 11) is 0. The van der Waals surface area contributed by atoms with Gasteiger partial charge in [0.05, 0.1) is 11.8 Å². The number of carboxylic acid groups (broad SMARTS) is 1. The molecule has 0 aliphatic heterocycles. The van der Waals surface area contributed by atoms with Crippen LogP contribution in [0, 0.1) is 0 Å². The van der Waals surface area contributed by atoms with Gasteiger partial charge in [-0.25, -0.2) is 14.6 Å². The number of aromatic amines is 1. The maximum absolute atomic E-state index is 12.7. The van der Waals surface area contributed by atoms with Gasteiger partial charge in [-0.15, -0.1) is 0 Å². The van der Waals surface area contributed by atoms with E-state index in [4.69, 9.17) is 5.11 Å². The fraction of sp³-hybridized carbons (Fsp3) is 0.471. The SMILES string of the molecule is CCCn1c(=O)c2[nH]c(-c3cnn(C(C)C(=O)O)c3)nc2n(CCC)c1=O. The second-order valence-corrected chi connectivity index (χ2v) is 6.40. The summed E-state index contributed by atoms with van der Waals surface area (Å²) in [6.45, 7) is 6.13. The van der Waals surface area contributed by atoms with Crippen molar-refractivity contribution in [3.63, 3.8) is 0 Å². The highest BCUT2D eigenvalue weighted by Gasteiger charge is 2.19. The molecule has 0 saturated carbocycles. The van der Waals surface area contributed by atoms with Gasteiger partial charge in [0.25, 0.3) is 5.56 Å². The number of nitrogens with zero attached hydrogens (tertiary/aromatic N) is 5. The molecule has 0 aliphatic carbocycles. The van der Waals surface area contributed by atoms with Gasteiger partial charge in [0.2, 0.25) is 0 Å². The van der Waals surface area contributed by atoms with Gasteiger partial charge in [-0.05, 0) is 19.8 Å². The lowest BCUT2D eigenvalue weighted by molar-refractivity contribution is -0.140. The van der Waals surface area contributed by atoms with Crippen molar-refractivity contribution >= 4 is 17.1 Å². The van der Waals surface area contributed by atoms with Crippen LogP contribution in [0.5, 0.6) is 0 Å². The molecule has 0 saturated heterocycles. The molecule has 1 atom stereocenters. The lowest BCUT2D eigenvalue weighted by Gasteiger charge is -2.09. The average molecular weight is 374 g/mol. The average Bonchev–Trinajstić information content (AvgIpc) is 3.28. The Morgan fingerprint density at radius 3 is 2.52 bits per heavy atom. The molecule has 3 aromatic rings. The van der Waals surface area contributed by atoms with E-state index < -0.39 is 17.6 Å². The molecule has 0 fully saturated rings. The molecule has 0 radical (unpaired) electrons. The number of H-pyrrole nitrogens is 1. The topological polar surface area (TPSA) is 128 Å². The molecule has 0 spiro atoms. The number of imidazole rings is 1. The molecule has 27 heavy (non-hydrogen) atoms. The van der Waals surface area contributed by atoms with Crippen LogP contribution in [0.4, 0.5) is 0 Å². The van der Waals surface area contributed by atoms with Crippen LogP contribution in [0.15, 0.2) is 22.0 Å². The smallest absolute Gasteiger partial charge is 0.332 e. The van der Waals surface area contributed by atoms with E-state index in [-0.39, 0.29) is 11.2 Å². The molecular formula is C17H22N6O4. The minimum atomic E-state index is -1.01. The molecular weight excluding hydrogens is 352 g/mol. The van der Waals surface area contributed by atoms with E-state index >= 15 is 0 Å². The predicted molar refractivity (Wildman–Crippen MR) is 98.8 cm³/mol. The Bertz CT molecular complexity index is 1100. The molecule has 10 heteroatoms. The number of hydrogen-bond acceptors (Lipinski definition) is 5. The molecule has 144 valence electrons. The quantitative estimate of drug-likeness (QED) is 0.640. The number of aromatic nitrogens is 6. The van der Waals surface area contributed by atoms with Gasteiger partial charge < -0.3 is 10.1 Å². The van der Waals surface area contributed by atoms with Crippen LogP contribution in [0.2, 0.25) is 0 Å². The standard InChI is InChI=1S/C17H22N6O4/c1-4-6-21-14-12(15(24)22(7-5-2)17(21)27)19-13(20-14)11-8-18-23(9-11)10(3)16(25)26/h8-10H,4-7H2,1-3H3,(H,19,20)(H,25,26). The number of hydrogen-bond donors (Lipinski definition) is 2. The minimum absolute atomic E-state index is 0.255. The Labute approximate surface area is 154 Å². The van der Waals surface area contributed by atoms with E-state index in [0.717, 1.165) is 6.42 Å². The number of fused-ring (bicyclic) bond motifs is 1. The zero-order chi connectivity index (χ0) is 19.7. The van der Waals surface area contributed by atoms with Crippen molar-refractivity contribution in [2.75, 3.05) is 0 Å². The van der Waals surface area contributed by atoms with Gasteiger partial charge in [0, 0.05) is 19.3 Å². The second kappa shape index (κ2) is 7.22. The zero-order valence-electron chi connectivity index (χ0n) is 15.5. The number of rotatable bonds is 7. The van der Waals surface area contributed by atoms with Crippen LogP contribution in [0.3, 0.4) is 0 Å². The Balaban J connectivity index is 2.19. The Kier molecular flexibility index (Phi) is 4.98. The number of nitrogens with one attached hydrogen (secondary N) is 1. The maximum Gasteiger partial charge on any atom is 0.332 e. The molecule has 3 rings (SSSR count). The van der Waals surface area contributed by atoms with Gasteiger partial charge in [0.15, 0.2) is 5.65 Å². The summed E-state index contributed by atoms with van der Waals surface area (Å²) < 4.78 is 4.02. The van der Waals surface area contributed by atoms with Crippen LogP contribution < -0.4 is 11.2 Å². The largest absolute Gasteiger partial charge is 0.480 e. The number of carboxylic acids is 1. The molecule has 1 unspecified atom stereocenters. The summed E-state index contributed by atoms with van der Waals surface area (Å²) in [5, 5.41) is 13.2. The first-order valence-corrected chi connectivity index (χ1v) is 8.89. The summed E-state index contributed by atoms with van der Waals surface area (Å²) in [5.74, 6) is -0.641.